The zero-order valence-electron chi connectivity index (χ0n) is 13.4. The molecule has 0 bridgehead atoms. The Morgan fingerprint density at radius 2 is 2.00 bits per heavy atom. The first-order valence-corrected chi connectivity index (χ1v) is 7.78. The van der Waals surface area contributed by atoms with Gasteiger partial charge in [0.05, 0.1) is 6.20 Å². The molecule has 1 fully saturated rings. The van der Waals surface area contributed by atoms with Gasteiger partial charge in [0.2, 0.25) is 5.91 Å². The number of fused-ring (bicyclic) bond motifs is 1. The van der Waals surface area contributed by atoms with Gasteiger partial charge in [-0.2, -0.15) is 0 Å². The van der Waals surface area contributed by atoms with Crippen molar-refractivity contribution in [2.45, 2.75) is 13.0 Å². The van der Waals surface area contributed by atoms with Crippen LogP contribution in [0.1, 0.15) is 17.4 Å². The molecule has 0 aliphatic carbocycles. The van der Waals surface area contributed by atoms with Gasteiger partial charge >= 0.3 is 0 Å². The molecule has 3 rings (SSSR count). The third-order valence-electron chi connectivity index (χ3n) is 4.32. The second-order valence-corrected chi connectivity index (χ2v) is 5.84. The predicted molar refractivity (Wildman–Crippen MR) is 89.0 cm³/mol. The van der Waals surface area contributed by atoms with Crippen molar-refractivity contribution in [1.29, 1.82) is 0 Å². The SMILES string of the molecule is C=CC(=O)N1CCN(C(=O)c2ncc(F)c3ccccc23)[C@@H](C)C1. The van der Waals surface area contributed by atoms with Crippen LogP contribution >= 0.6 is 0 Å². The number of hydrogen-bond acceptors (Lipinski definition) is 3. The molecule has 2 aromatic rings. The molecule has 0 N–H and O–H groups in total. The number of benzene rings is 1. The summed E-state index contributed by atoms with van der Waals surface area (Å²) in [5, 5.41) is 0.878. The van der Waals surface area contributed by atoms with Gasteiger partial charge in [-0.15, -0.1) is 0 Å². The Kier molecular flexibility index (Phi) is 4.29. The molecule has 0 saturated carbocycles. The van der Waals surface area contributed by atoms with E-state index in [1.807, 2.05) is 6.92 Å². The van der Waals surface area contributed by atoms with E-state index in [4.69, 9.17) is 0 Å². The molecule has 1 aliphatic rings. The lowest BCUT2D eigenvalue weighted by molar-refractivity contribution is -0.128. The number of nitrogens with zero attached hydrogens (tertiary/aromatic N) is 3. The summed E-state index contributed by atoms with van der Waals surface area (Å²) < 4.78 is 13.9. The van der Waals surface area contributed by atoms with Crippen molar-refractivity contribution in [3.63, 3.8) is 0 Å². The summed E-state index contributed by atoms with van der Waals surface area (Å²) in [6, 6.07) is 6.65. The average Bonchev–Trinajstić information content (AvgIpc) is 2.61. The summed E-state index contributed by atoms with van der Waals surface area (Å²) in [6.45, 7) is 6.66. The Balaban J connectivity index is 1.89. The third kappa shape index (κ3) is 2.75. The summed E-state index contributed by atoms with van der Waals surface area (Å²) in [5.74, 6) is -0.833. The molecule has 1 saturated heterocycles. The fourth-order valence-electron chi connectivity index (χ4n) is 3.05. The maximum absolute atomic E-state index is 13.9. The van der Waals surface area contributed by atoms with E-state index < -0.39 is 5.82 Å². The number of halogens is 1. The summed E-state index contributed by atoms with van der Waals surface area (Å²) in [5.41, 5.74) is 0.238. The Hall–Kier alpha value is -2.76. The highest BCUT2D eigenvalue weighted by molar-refractivity contribution is 6.05. The maximum Gasteiger partial charge on any atom is 0.273 e. The number of pyridine rings is 1. The predicted octanol–water partition coefficient (Wildman–Crippen LogP) is 2.23. The van der Waals surface area contributed by atoms with E-state index in [-0.39, 0.29) is 23.6 Å². The number of aromatic nitrogens is 1. The van der Waals surface area contributed by atoms with Crippen LogP contribution in [0.15, 0.2) is 43.1 Å². The summed E-state index contributed by atoms with van der Waals surface area (Å²) >= 11 is 0. The molecular formula is C18H18FN3O2. The molecule has 0 unspecified atom stereocenters. The first-order chi connectivity index (χ1) is 11.5. The van der Waals surface area contributed by atoms with Crippen LogP contribution in [0, 0.1) is 5.82 Å². The van der Waals surface area contributed by atoms with Crippen LogP contribution in [0.3, 0.4) is 0 Å². The molecule has 1 aromatic carbocycles. The number of piperazine rings is 1. The average molecular weight is 327 g/mol. The van der Waals surface area contributed by atoms with E-state index in [1.54, 1.807) is 34.1 Å². The third-order valence-corrected chi connectivity index (χ3v) is 4.32. The Morgan fingerprint density at radius 3 is 2.67 bits per heavy atom. The lowest BCUT2D eigenvalue weighted by Crippen LogP contribution is -2.55. The zero-order valence-corrected chi connectivity index (χ0v) is 13.4. The van der Waals surface area contributed by atoms with Crippen molar-refractivity contribution < 1.29 is 14.0 Å². The van der Waals surface area contributed by atoms with Crippen molar-refractivity contribution in [2.24, 2.45) is 0 Å². The summed E-state index contributed by atoms with van der Waals surface area (Å²) in [7, 11) is 0. The molecular weight excluding hydrogens is 309 g/mol. The normalized spacial score (nSPS) is 17.8. The van der Waals surface area contributed by atoms with Gasteiger partial charge in [0.25, 0.3) is 5.91 Å². The molecule has 124 valence electrons. The highest BCUT2D eigenvalue weighted by atomic mass is 19.1. The number of hydrogen-bond donors (Lipinski definition) is 0. The van der Waals surface area contributed by atoms with E-state index in [0.29, 0.717) is 30.4 Å². The monoisotopic (exact) mass is 327 g/mol. The second kappa shape index (κ2) is 6.39. The van der Waals surface area contributed by atoms with Crippen LogP contribution < -0.4 is 0 Å². The zero-order chi connectivity index (χ0) is 17.3. The molecule has 5 nitrogen and oxygen atoms in total. The Bertz CT molecular complexity index is 821. The minimum Gasteiger partial charge on any atom is -0.335 e. The topological polar surface area (TPSA) is 53.5 Å². The van der Waals surface area contributed by atoms with E-state index in [1.165, 1.54) is 6.08 Å². The van der Waals surface area contributed by atoms with Crippen LogP contribution in [0.25, 0.3) is 10.8 Å². The van der Waals surface area contributed by atoms with Gasteiger partial charge in [0, 0.05) is 36.4 Å². The van der Waals surface area contributed by atoms with Gasteiger partial charge in [-0.3, -0.25) is 9.59 Å². The maximum atomic E-state index is 13.9. The van der Waals surface area contributed by atoms with E-state index in [9.17, 15) is 14.0 Å². The van der Waals surface area contributed by atoms with Gasteiger partial charge in [-0.1, -0.05) is 30.8 Å². The van der Waals surface area contributed by atoms with Crippen molar-refractivity contribution in [2.75, 3.05) is 19.6 Å². The fourth-order valence-corrected chi connectivity index (χ4v) is 3.05. The first kappa shape index (κ1) is 16.1. The van der Waals surface area contributed by atoms with Crippen LogP contribution in [0.5, 0.6) is 0 Å². The summed E-state index contributed by atoms with van der Waals surface area (Å²) in [4.78, 5) is 32.0. The van der Waals surface area contributed by atoms with Crippen molar-refractivity contribution in [3.8, 4) is 0 Å². The second-order valence-electron chi connectivity index (χ2n) is 5.84. The van der Waals surface area contributed by atoms with Crippen molar-refractivity contribution in [3.05, 3.63) is 54.6 Å². The van der Waals surface area contributed by atoms with Gasteiger partial charge in [-0.05, 0) is 13.0 Å². The number of rotatable bonds is 2. The quantitative estimate of drug-likeness (QED) is 0.795. The lowest BCUT2D eigenvalue weighted by Gasteiger charge is -2.39. The molecule has 1 aliphatic heterocycles. The Morgan fingerprint density at radius 1 is 1.29 bits per heavy atom. The van der Waals surface area contributed by atoms with E-state index in [2.05, 4.69) is 11.6 Å². The van der Waals surface area contributed by atoms with Crippen LogP contribution in [0.2, 0.25) is 0 Å². The van der Waals surface area contributed by atoms with Gasteiger partial charge in [0.1, 0.15) is 11.5 Å². The fraction of sp³-hybridized carbons (Fsp3) is 0.278. The summed E-state index contributed by atoms with van der Waals surface area (Å²) in [6.07, 6.45) is 2.36. The number of amides is 2. The molecule has 1 aromatic heterocycles. The van der Waals surface area contributed by atoms with Gasteiger partial charge in [0.15, 0.2) is 0 Å². The smallest absolute Gasteiger partial charge is 0.273 e. The molecule has 2 amide bonds. The highest BCUT2D eigenvalue weighted by Crippen LogP contribution is 2.22. The van der Waals surface area contributed by atoms with Crippen LogP contribution in [-0.2, 0) is 4.79 Å². The van der Waals surface area contributed by atoms with E-state index >= 15 is 0 Å². The standard InChI is InChI=1S/C18H18FN3O2/c1-3-16(23)21-8-9-22(12(2)11-21)18(24)17-14-7-5-4-6-13(14)15(19)10-20-17/h3-7,10,12H,1,8-9,11H2,2H3/t12-/m0/s1. The molecule has 0 spiro atoms. The van der Waals surface area contributed by atoms with E-state index in [0.717, 1.165) is 6.20 Å². The van der Waals surface area contributed by atoms with Crippen molar-refractivity contribution >= 4 is 22.6 Å². The first-order valence-electron chi connectivity index (χ1n) is 7.78. The van der Waals surface area contributed by atoms with Crippen LogP contribution in [-0.4, -0.2) is 52.3 Å². The molecule has 2 heterocycles. The lowest BCUT2D eigenvalue weighted by atomic mass is 10.1. The molecule has 6 heteroatoms. The van der Waals surface area contributed by atoms with Crippen LogP contribution in [0.4, 0.5) is 4.39 Å². The number of carbonyl (C=O) groups excluding carboxylic acids is 2. The minimum atomic E-state index is -0.448. The minimum absolute atomic E-state index is 0.140. The van der Waals surface area contributed by atoms with Gasteiger partial charge < -0.3 is 9.80 Å². The number of carbonyl (C=O) groups is 2. The highest BCUT2D eigenvalue weighted by Gasteiger charge is 2.31. The van der Waals surface area contributed by atoms with Crippen molar-refractivity contribution in [1.82, 2.24) is 14.8 Å². The molecule has 24 heavy (non-hydrogen) atoms. The Labute approximate surface area is 139 Å². The van der Waals surface area contributed by atoms with Gasteiger partial charge in [-0.25, -0.2) is 9.37 Å². The molecule has 1 atom stereocenters. The largest absolute Gasteiger partial charge is 0.335 e. The molecule has 0 radical (unpaired) electrons.